The van der Waals surface area contributed by atoms with Crippen molar-refractivity contribution in [3.8, 4) is 5.75 Å². The summed E-state index contributed by atoms with van der Waals surface area (Å²) in [6.45, 7) is 9.73. The molecule has 0 spiro atoms. The van der Waals surface area contributed by atoms with Crippen LogP contribution in [0.1, 0.15) is 60.7 Å². The molecule has 0 aromatic heterocycles. The number of carbonyl (C=O) groups is 2. The van der Waals surface area contributed by atoms with Gasteiger partial charge in [0.05, 0.1) is 17.7 Å². The van der Waals surface area contributed by atoms with Gasteiger partial charge in [0.25, 0.3) is 5.91 Å². The molecule has 31 heavy (non-hydrogen) atoms. The van der Waals surface area contributed by atoms with Crippen LogP contribution in [0.3, 0.4) is 0 Å². The number of esters is 1. The van der Waals surface area contributed by atoms with Gasteiger partial charge in [-0.05, 0) is 49.8 Å². The third kappa shape index (κ3) is 8.06. The maximum atomic E-state index is 12.8. The quantitative estimate of drug-likeness (QED) is 0.360. The van der Waals surface area contributed by atoms with Crippen LogP contribution >= 0.6 is 0 Å². The molecule has 0 fully saturated rings. The molecule has 1 N–H and O–H groups in total. The zero-order chi connectivity index (χ0) is 22.5. The Labute approximate surface area is 185 Å². The van der Waals surface area contributed by atoms with Crippen molar-refractivity contribution in [2.24, 2.45) is 0 Å². The summed E-state index contributed by atoms with van der Waals surface area (Å²) in [7, 11) is 0. The molecule has 168 valence electrons. The molecule has 0 saturated carbocycles. The van der Waals surface area contributed by atoms with Gasteiger partial charge in [0.2, 0.25) is 0 Å². The third-order valence-corrected chi connectivity index (χ3v) is 5.03. The topological polar surface area (TPSA) is 67.9 Å². The Morgan fingerprint density at radius 3 is 2.45 bits per heavy atom. The number of amides is 1. The smallest absolute Gasteiger partial charge is 0.338 e. The molecule has 1 amide bonds. The Balaban J connectivity index is 1.98. The van der Waals surface area contributed by atoms with Gasteiger partial charge in [-0.2, -0.15) is 0 Å². The summed E-state index contributed by atoms with van der Waals surface area (Å²) >= 11 is 0. The van der Waals surface area contributed by atoms with Crippen molar-refractivity contribution in [2.45, 2.75) is 40.0 Å². The fraction of sp³-hybridized carbons (Fsp3) is 0.440. The number of nitrogens with zero attached hydrogens (tertiary/aromatic N) is 1. The summed E-state index contributed by atoms with van der Waals surface area (Å²) < 4.78 is 11.2. The Morgan fingerprint density at radius 1 is 0.935 bits per heavy atom. The number of hydrogen-bond donors (Lipinski definition) is 1. The number of anilines is 1. The molecule has 0 atom stereocenters. The van der Waals surface area contributed by atoms with Crippen molar-refractivity contribution < 1.29 is 19.1 Å². The fourth-order valence-electron chi connectivity index (χ4n) is 3.13. The van der Waals surface area contributed by atoms with Crippen molar-refractivity contribution in [2.75, 3.05) is 38.2 Å². The highest BCUT2D eigenvalue weighted by atomic mass is 16.5. The van der Waals surface area contributed by atoms with Crippen molar-refractivity contribution in [3.63, 3.8) is 0 Å². The number of carbonyl (C=O) groups excluding carboxylic acids is 2. The molecule has 0 aliphatic carbocycles. The van der Waals surface area contributed by atoms with E-state index in [-0.39, 0.29) is 5.91 Å². The van der Waals surface area contributed by atoms with Gasteiger partial charge >= 0.3 is 5.97 Å². The van der Waals surface area contributed by atoms with Crippen LogP contribution in [0.4, 0.5) is 5.69 Å². The molecule has 0 heterocycles. The number of benzene rings is 2. The lowest BCUT2D eigenvalue weighted by Gasteiger charge is -2.17. The maximum Gasteiger partial charge on any atom is 0.338 e. The minimum absolute atomic E-state index is 0.279. The zero-order valence-corrected chi connectivity index (χ0v) is 18.9. The number of rotatable bonds is 13. The van der Waals surface area contributed by atoms with Gasteiger partial charge in [-0.3, -0.25) is 4.79 Å². The maximum absolute atomic E-state index is 12.8. The summed E-state index contributed by atoms with van der Waals surface area (Å²) in [6, 6.07) is 14.0. The first-order chi connectivity index (χ1) is 15.1. The van der Waals surface area contributed by atoms with Crippen LogP contribution in [-0.2, 0) is 4.74 Å². The zero-order valence-electron chi connectivity index (χ0n) is 18.9. The lowest BCUT2D eigenvalue weighted by Crippen LogP contribution is -2.27. The largest absolute Gasteiger partial charge is 0.493 e. The van der Waals surface area contributed by atoms with Crippen LogP contribution in [-0.4, -0.2) is 49.6 Å². The highest BCUT2D eigenvalue weighted by Gasteiger charge is 2.14. The van der Waals surface area contributed by atoms with E-state index in [0.717, 1.165) is 32.4 Å². The van der Waals surface area contributed by atoms with Gasteiger partial charge < -0.3 is 19.7 Å². The standard InChI is InChI=1S/C25H34N2O4/c1-4-7-10-17-30-23-15-9-8-14-22(23)24(28)26-21-13-11-12-20(19-21)25(29)31-18-16-27(5-2)6-3/h8-9,11-15,19H,4-7,10,16-18H2,1-3H3,(H,26,28). The van der Waals surface area contributed by atoms with Crippen molar-refractivity contribution in [1.29, 1.82) is 0 Å². The molecule has 0 aliphatic rings. The molecule has 0 unspecified atom stereocenters. The van der Waals surface area contributed by atoms with Crippen LogP contribution < -0.4 is 10.1 Å². The van der Waals surface area contributed by atoms with E-state index < -0.39 is 5.97 Å². The minimum Gasteiger partial charge on any atom is -0.493 e. The van der Waals surface area contributed by atoms with Gasteiger partial charge in [0, 0.05) is 12.2 Å². The van der Waals surface area contributed by atoms with Crippen molar-refractivity contribution in [3.05, 3.63) is 59.7 Å². The average molecular weight is 427 g/mol. The van der Waals surface area contributed by atoms with Gasteiger partial charge in [-0.25, -0.2) is 4.79 Å². The van der Waals surface area contributed by atoms with E-state index in [2.05, 4.69) is 31.0 Å². The Morgan fingerprint density at radius 2 is 1.71 bits per heavy atom. The fourth-order valence-corrected chi connectivity index (χ4v) is 3.13. The van der Waals surface area contributed by atoms with E-state index in [1.165, 1.54) is 0 Å². The molecule has 0 saturated heterocycles. The molecule has 0 bridgehead atoms. The summed E-state index contributed by atoms with van der Waals surface area (Å²) in [5.41, 5.74) is 1.40. The number of nitrogens with one attached hydrogen (secondary N) is 1. The van der Waals surface area contributed by atoms with Crippen molar-refractivity contribution in [1.82, 2.24) is 4.90 Å². The summed E-state index contributed by atoms with van der Waals surface area (Å²) in [5, 5.41) is 2.85. The summed E-state index contributed by atoms with van der Waals surface area (Å²) in [6.07, 6.45) is 3.15. The molecular weight excluding hydrogens is 392 g/mol. The van der Waals surface area contributed by atoms with E-state index in [9.17, 15) is 9.59 Å². The van der Waals surface area contributed by atoms with Crippen LogP contribution in [0, 0.1) is 0 Å². The predicted molar refractivity (Wildman–Crippen MR) is 124 cm³/mol. The van der Waals surface area contributed by atoms with Crippen LogP contribution in [0.15, 0.2) is 48.5 Å². The molecule has 2 aromatic carbocycles. The van der Waals surface area contributed by atoms with Crippen LogP contribution in [0.25, 0.3) is 0 Å². The second kappa shape index (κ2) is 13.4. The number of likely N-dealkylation sites (N-methyl/N-ethyl adjacent to an activating group) is 1. The first kappa shape index (κ1) is 24.4. The first-order valence-corrected chi connectivity index (χ1v) is 11.1. The van der Waals surface area contributed by atoms with Crippen molar-refractivity contribution >= 4 is 17.6 Å². The summed E-state index contributed by atoms with van der Waals surface area (Å²) in [5.74, 6) is -0.121. The highest BCUT2D eigenvalue weighted by molar-refractivity contribution is 6.06. The number of hydrogen-bond acceptors (Lipinski definition) is 5. The molecule has 2 rings (SSSR count). The van der Waals surface area contributed by atoms with E-state index in [0.29, 0.717) is 42.3 Å². The Bertz CT molecular complexity index is 834. The van der Waals surface area contributed by atoms with Crippen LogP contribution in [0.2, 0.25) is 0 Å². The van der Waals surface area contributed by atoms with Gasteiger partial charge in [0.1, 0.15) is 12.4 Å². The monoisotopic (exact) mass is 426 g/mol. The SMILES string of the molecule is CCCCCOc1ccccc1C(=O)Nc1cccc(C(=O)OCCN(CC)CC)c1. The van der Waals surface area contributed by atoms with E-state index in [1.807, 2.05) is 6.07 Å². The van der Waals surface area contributed by atoms with E-state index in [4.69, 9.17) is 9.47 Å². The predicted octanol–water partition coefficient (Wildman–Crippen LogP) is 5.01. The van der Waals surface area contributed by atoms with E-state index in [1.54, 1.807) is 42.5 Å². The van der Waals surface area contributed by atoms with Gasteiger partial charge in [-0.15, -0.1) is 0 Å². The average Bonchev–Trinajstić information content (AvgIpc) is 2.80. The molecule has 6 heteroatoms. The second-order valence-corrected chi connectivity index (χ2v) is 7.25. The van der Waals surface area contributed by atoms with Crippen LogP contribution in [0.5, 0.6) is 5.75 Å². The Kier molecular flexibility index (Phi) is 10.6. The third-order valence-electron chi connectivity index (χ3n) is 5.03. The molecule has 2 aromatic rings. The minimum atomic E-state index is -0.400. The Hall–Kier alpha value is -2.86. The lowest BCUT2D eigenvalue weighted by atomic mass is 10.1. The number of para-hydroxylation sites is 1. The molecular formula is C25H34N2O4. The summed E-state index contributed by atoms with van der Waals surface area (Å²) in [4.78, 5) is 27.4. The first-order valence-electron chi connectivity index (χ1n) is 11.1. The second-order valence-electron chi connectivity index (χ2n) is 7.25. The highest BCUT2D eigenvalue weighted by Crippen LogP contribution is 2.21. The lowest BCUT2D eigenvalue weighted by molar-refractivity contribution is 0.0466. The van der Waals surface area contributed by atoms with Gasteiger partial charge in [0.15, 0.2) is 0 Å². The number of ether oxygens (including phenoxy) is 2. The van der Waals surface area contributed by atoms with E-state index >= 15 is 0 Å². The molecule has 0 radical (unpaired) electrons. The molecule has 6 nitrogen and oxygen atoms in total. The van der Waals surface area contributed by atoms with Gasteiger partial charge in [-0.1, -0.05) is 51.8 Å². The number of unbranched alkanes of at least 4 members (excludes halogenated alkanes) is 2. The normalized spacial score (nSPS) is 10.7. The molecule has 0 aliphatic heterocycles.